The monoisotopic (exact) mass is 919 g/mol. The summed E-state index contributed by atoms with van der Waals surface area (Å²) >= 11 is 0. The van der Waals surface area contributed by atoms with Crippen LogP contribution in [0.3, 0.4) is 0 Å². The molecule has 0 unspecified atom stereocenters. The zero-order chi connectivity index (χ0) is 38.3. The standard InChI is InChI=1S/C49H41BN6.Pt/c1-33-16-14-17-34(2)48(33)50-55(36-18-8-7-9-19-36)45-30-40-39-22-10-11-23-41(39)54(47-28-35(26-27-51-47)49(3,4)5)44(40)31-46(45)56(50)38-21-15-20-37(29-38)53-32-52(6)42-24-12-13-25-43(42)53;/h7-28,30H,1-6H3;/q-2;. The molecule has 0 aliphatic carbocycles. The molecule has 9 aromatic rings. The van der Waals surface area contributed by atoms with Gasteiger partial charge in [0.05, 0.1) is 18.1 Å². The zero-order valence-corrected chi connectivity index (χ0v) is 35.1. The fourth-order valence-corrected chi connectivity index (χ4v) is 8.61. The fraction of sp³-hybridized carbons (Fsp3) is 0.143. The summed E-state index contributed by atoms with van der Waals surface area (Å²) in [6.07, 6.45) is 5.47. The van der Waals surface area contributed by atoms with E-state index in [1.807, 2.05) is 17.8 Å². The van der Waals surface area contributed by atoms with Gasteiger partial charge in [0.2, 0.25) is 6.33 Å². The van der Waals surface area contributed by atoms with Gasteiger partial charge in [0.25, 0.3) is 0 Å². The quantitative estimate of drug-likeness (QED) is 0.0980. The molecule has 0 radical (unpaired) electrons. The van der Waals surface area contributed by atoms with Crippen LogP contribution in [-0.2, 0) is 33.5 Å². The SMILES string of the molecule is Cc1cccc(C)c1B1N(c2[c-]c(-n3[c-][n+](C)c4ccccc43)ccc2)c2[c-]c3c(cc2N1c1ccccc1)c1ccccc1n3-c1cc(C(C)(C)C)ccn1.[Pt]. The molecule has 6 nitrogen and oxygen atoms in total. The van der Waals surface area contributed by atoms with E-state index in [4.69, 9.17) is 4.98 Å². The molecule has 282 valence electrons. The van der Waals surface area contributed by atoms with Crippen LogP contribution < -0.4 is 19.7 Å². The van der Waals surface area contributed by atoms with Crippen molar-refractivity contribution in [2.24, 2.45) is 7.05 Å². The van der Waals surface area contributed by atoms with E-state index in [9.17, 15) is 0 Å². The summed E-state index contributed by atoms with van der Waals surface area (Å²) in [7, 11) is 2.04. The average Bonchev–Trinajstić information content (AvgIpc) is 3.84. The molecule has 0 atom stereocenters. The van der Waals surface area contributed by atoms with Gasteiger partial charge in [0.1, 0.15) is 5.82 Å². The summed E-state index contributed by atoms with van der Waals surface area (Å²) < 4.78 is 6.44. The second-order valence-electron chi connectivity index (χ2n) is 15.9. The smallest absolute Gasteiger partial charge is 0.406 e. The maximum Gasteiger partial charge on any atom is 0.406 e. The van der Waals surface area contributed by atoms with E-state index < -0.39 is 0 Å². The van der Waals surface area contributed by atoms with Crippen LogP contribution >= 0.6 is 0 Å². The molecule has 8 heteroatoms. The molecule has 0 bridgehead atoms. The van der Waals surface area contributed by atoms with Crippen molar-refractivity contribution in [2.45, 2.75) is 40.0 Å². The number of rotatable bonds is 5. The van der Waals surface area contributed by atoms with Crippen molar-refractivity contribution in [3.63, 3.8) is 0 Å². The Morgan fingerprint density at radius 2 is 1.35 bits per heavy atom. The molecule has 6 aromatic carbocycles. The van der Waals surface area contributed by atoms with E-state index >= 15 is 0 Å². The van der Waals surface area contributed by atoms with Crippen LogP contribution in [0, 0.1) is 32.3 Å². The third-order valence-electron chi connectivity index (χ3n) is 11.3. The van der Waals surface area contributed by atoms with Gasteiger partial charge in [0, 0.05) is 38.5 Å². The van der Waals surface area contributed by atoms with Crippen LogP contribution in [0.5, 0.6) is 0 Å². The topological polar surface area (TPSA) is 33.1 Å². The number of hydrogen-bond donors (Lipinski definition) is 0. The molecule has 0 fully saturated rings. The number of benzene rings is 6. The molecule has 0 N–H and O–H groups in total. The first-order valence-corrected chi connectivity index (χ1v) is 19.2. The van der Waals surface area contributed by atoms with E-state index in [1.54, 1.807) is 0 Å². The molecule has 0 spiro atoms. The number of aromatic nitrogens is 4. The zero-order valence-electron chi connectivity index (χ0n) is 32.9. The number of para-hydroxylation sites is 4. The van der Waals surface area contributed by atoms with Gasteiger partial charge in [-0.15, -0.1) is 18.2 Å². The summed E-state index contributed by atoms with van der Waals surface area (Å²) in [5.74, 6) is 0.882. The average molecular weight is 920 g/mol. The Kier molecular flexibility index (Phi) is 8.97. The molecule has 4 heterocycles. The maximum absolute atomic E-state index is 4.99. The Morgan fingerprint density at radius 3 is 2.12 bits per heavy atom. The Labute approximate surface area is 349 Å². The summed E-state index contributed by atoms with van der Waals surface area (Å²) in [6.45, 7) is 11.0. The van der Waals surface area contributed by atoms with Gasteiger partial charge >= 0.3 is 6.98 Å². The van der Waals surface area contributed by atoms with Crippen molar-refractivity contribution >= 4 is 68.0 Å². The van der Waals surface area contributed by atoms with E-state index in [0.29, 0.717) is 0 Å². The molecule has 57 heavy (non-hydrogen) atoms. The molecule has 3 aromatic heterocycles. The first kappa shape index (κ1) is 36.7. The number of nitrogens with zero attached hydrogens (tertiary/aromatic N) is 6. The number of aryl methyl sites for hydroxylation is 3. The Balaban J connectivity index is 0.00000422. The Hall–Kier alpha value is -5.91. The third kappa shape index (κ3) is 5.90. The van der Waals surface area contributed by atoms with Crippen molar-refractivity contribution in [3.05, 3.63) is 175 Å². The normalized spacial score (nSPS) is 12.8. The van der Waals surface area contributed by atoms with E-state index in [2.05, 4.69) is 205 Å². The van der Waals surface area contributed by atoms with Gasteiger partial charge in [0.15, 0.2) is 0 Å². The summed E-state index contributed by atoms with van der Waals surface area (Å²) in [4.78, 5) is 9.92. The van der Waals surface area contributed by atoms with Gasteiger partial charge in [-0.1, -0.05) is 144 Å². The predicted octanol–water partition coefficient (Wildman–Crippen LogP) is 9.94. The van der Waals surface area contributed by atoms with Crippen LogP contribution in [0.4, 0.5) is 22.7 Å². The second kappa shape index (κ2) is 13.9. The minimum atomic E-state index is -0.230. The molecular formula is C49H41BN6Pt-2. The van der Waals surface area contributed by atoms with Crippen LogP contribution in [0.2, 0.25) is 0 Å². The molecule has 0 saturated heterocycles. The second-order valence-corrected chi connectivity index (χ2v) is 15.9. The van der Waals surface area contributed by atoms with Gasteiger partial charge in [-0.25, -0.2) is 4.98 Å². The molecule has 10 rings (SSSR count). The number of fused-ring (bicyclic) bond motifs is 5. The van der Waals surface area contributed by atoms with Crippen molar-refractivity contribution in [1.82, 2.24) is 14.1 Å². The van der Waals surface area contributed by atoms with Crippen molar-refractivity contribution < 1.29 is 25.6 Å². The van der Waals surface area contributed by atoms with Crippen molar-refractivity contribution in [2.75, 3.05) is 9.62 Å². The van der Waals surface area contributed by atoms with E-state index in [-0.39, 0.29) is 33.5 Å². The van der Waals surface area contributed by atoms with E-state index in [0.717, 1.165) is 67.1 Å². The molecule has 0 saturated carbocycles. The van der Waals surface area contributed by atoms with Gasteiger partial charge in [-0.2, -0.15) is 18.2 Å². The van der Waals surface area contributed by atoms with Crippen LogP contribution in [0.25, 0.3) is 44.3 Å². The summed E-state index contributed by atoms with van der Waals surface area (Å²) in [5, 5.41) is 2.29. The summed E-state index contributed by atoms with van der Waals surface area (Å²) in [5.41, 5.74) is 14.2. The van der Waals surface area contributed by atoms with Gasteiger partial charge < -0.3 is 23.3 Å². The number of hydrogen-bond acceptors (Lipinski definition) is 3. The minimum absolute atomic E-state index is 0. The number of anilines is 4. The minimum Gasteiger partial charge on any atom is -0.415 e. The van der Waals surface area contributed by atoms with Gasteiger partial charge in [-0.3, -0.25) is 0 Å². The maximum atomic E-state index is 4.99. The molecule has 1 aliphatic heterocycles. The summed E-state index contributed by atoms with van der Waals surface area (Å²) in [6, 6.07) is 55.5. The predicted molar refractivity (Wildman–Crippen MR) is 230 cm³/mol. The Morgan fingerprint density at radius 1 is 0.667 bits per heavy atom. The van der Waals surface area contributed by atoms with E-state index in [1.165, 1.54) is 22.2 Å². The first-order chi connectivity index (χ1) is 27.2. The van der Waals surface area contributed by atoms with Crippen LogP contribution in [0.15, 0.2) is 140 Å². The number of imidazole rings is 1. The first-order valence-electron chi connectivity index (χ1n) is 19.2. The fourth-order valence-electron chi connectivity index (χ4n) is 8.61. The van der Waals surface area contributed by atoms with Crippen LogP contribution in [-0.4, -0.2) is 21.1 Å². The van der Waals surface area contributed by atoms with Crippen molar-refractivity contribution in [1.29, 1.82) is 0 Å². The van der Waals surface area contributed by atoms with Crippen molar-refractivity contribution in [3.8, 4) is 11.5 Å². The van der Waals surface area contributed by atoms with Gasteiger partial charge in [-0.05, 0) is 66.0 Å². The largest absolute Gasteiger partial charge is 0.415 e. The number of pyridine rings is 1. The molecule has 1 aliphatic rings. The molecule has 0 amide bonds. The third-order valence-corrected chi connectivity index (χ3v) is 11.3. The Bertz CT molecular complexity index is 2960. The van der Waals surface area contributed by atoms with Crippen LogP contribution in [0.1, 0.15) is 37.5 Å². The molecular weight excluding hydrogens is 878 g/mol.